The molecule has 2 N–H and O–H groups in total. The Morgan fingerprint density at radius 3 is 2.93 bits per heavy atom. The number of fused-ring (bicyclic) bond motifs is 3. The van der Waals surface area contributed by atoms with Gasteiger partial charge in [-0.2, -0.15) is 5.10 Å². The minimum absolute atomic E-state index is 0.157. The van der Waals surface area contributed by atoms with Gasteiger partial charge in [-0.05, 0) is 18.2 Å². The number of carbonyl (C=O) groups excluding carboxylic acids is 1. The molecule has 4 rings (SSSR count). The number of nitrogens with one attached hydrogen (secondary N) is 2. The molecule has 0 saturated heterocycles. The zero-order valence-corrected chi connectivity index (χ0v) is 14.2. The molecule has 27 heavy (non-hydrogen) atoms. The lowest BCUT2D eigenvalue weighted by molar-refractivity contribution is -0.384. The molecule has 9 nitrogen and oxygen atoms in total. The second kappa shape index (κ2) is 6.45. The average molecular weight is 366 g/mol. The van der Waals surface area contributed by atoms with Crippen molar-refractivity contribution in [2.45, 2.75) is 6.61 Å². The summed E-state index contributed by atoms with van der Waals surface area (Å²) >= 11 is 0. The van der Waals surface area contributed by atoms with Crippen LogP contribution in [0.15, 0.2) is 42.5 Å². The summed E-state index contributed by atoms with van der Waals surface area (Å²) in [7, 11) is 1.42. The minimum Gasteiger partial charge on any atom is -0.495 e. The highest BCUT2D eigenvalue weighted by atomic mass is 16.6. The van der Waals surface area contributed by atoms with E-state index in [-0.39, 0.29) is 23.7 Å². The van der Waals surface area contributed by atoms with Crippen LogP contribution in [0, 0.1) is 10.1 Å². The molecule has 1 aliphatic heterocycles. The smallest absolute Gasteiger partial charge is 0.274 e. The molecule has 1 aromatic heterocycles. The van der Waals surface area contributed by atoms with E-state index in [9.17, 15) is 14.9 Å². The van der Waals surface area contributed by atoms with E-state index in [0.717, 1.165) is 5.56 Å². The Labute approximate surface area is 153 Å². The Hall–Kier alpha value is -3.88. The highest BCUT2D eigenvalue weighted by Gasteiger charge is 2.27. The number of methoxy groups -OCH3 is 1. The molecular formula is C18H14N4O5. The van der Waals surface area contributed by atoms with Gasteiger partial charge in [0.1, 0.15) is 29.5 Å². The van der Waals surface area contributed by atoms with Gasteiger partial charge in [0.2, 0.25) is 0 Å². The van der Waals surface area contributed by atoms with Gasteiger partial charge < -0.3 is 14.8 Å². The normalized spacial score (nSPS) is 11.7. The van der Waals surface area contributed by atoms with Crippen molar-refractivity contribution < 1.29 is 19.2 Å². The van der Waals surface area contributed by atoms with E-state index in [2.05, 4.69) is 15.5 Å². The van der Waals surface area contributed by atoms with Crippen LogP contribution in [0.3, 0.4) is 0 Å². The number of benzene rings is 2. The summed E-state index contributed by atoms with van der Waals surface area (Å²) in [5, 5.41) is 20.6. The van der Waals surface area contributed by atoms with Crippen LogP contribution in [-0.2, 0) is 6.61 Å². The number of nitrogens with zero attached hydrogens (tertiary/aromatic N) is 2. The minimum atomic E-state index is -0.544. The Morgan fingerprint density at radius 2 is 2.15 bits per heavy atom. The molecule has 0 unspecified atom stereocenters. The van der Waals surface area contributed by atoms with Gasteiger partial charge in [0, 0.05) is 23.3 Å². The number of non-ortho nitro benzene ring substituents is 1. The molecule has 1 amide bonds. The van der Waals surface area contributed by atoms with Crippen LogP contribution in [0.25, 0.3) is 11.3 Å². The summed E-state index contributed by atoms with van der Waals surface area (Å²) in [6.45, 7) is 0.192. The van der Waals surface area contributed by atoms with E-state index in [4.69, 9.17) is 9.47 Å². The number of aromatic amines is 1. The van der Waals surface area contributed by atoms with Crippen LogP contribution in [0.5, 0.6) is 11.5 Å². The number of ether oxygens (including phenoxy) is 2. The van der Waals surface area contributed by atoms with Crippen molar-refractivity contribution in [3.05, 3.63) is 63.8 Å². The van der Waals surface area contributed by atoms with E-state index in [1.165, 1.54) is 25.3 Å². The Bertz CT molecular complexity index is 1060. The van der Waals surface area contributed by atoms with E-state index in [0.29, 0.717) is 22.8 Å². The molecule has 0 spiro atoms. The molecule has 0 fully saturated rings. The fourth-order valence-electron chi connectivity index (χ4n) is 2.95. The number of aromatic nitrogens is 2. The molecule has 0 radical (unpaired) electrons. The molecule has 0 aliphatic carbocycles. The molecule has 3 aromatic rings. The fraction of sp³-hybridized carbons (Fsp3) is 0.111. The number of nitro benzene ring substituents is 1. The number of rotatable bonds is 4. The first kappa shape index (κ1) is 16.6. The zero-order valence-electron chi connectivity index (χ0n) is 14.2. The van der Waals surface area contributed by atoms with Crippen LogP contribution in [0.1, 0.15) is 16.1 Å². The Kier molecular flexibility index (Phi) is 3.96. The van der Waals surface area contributed by atoms with Crippen LogP contribution < -0.4 is 14.8 Å². The largest absolute Gasteiger partial charge is 0.495 e. The van der Waals surface area contributed by atoms with Crippen LogP contribution >= 0.6 is 0 Å². The third-order valence-corrected chi connectivity index (χ3v) is 4.25. The highest BCUT2D eigenvalue weighted by molar-refractivity contribution is 6.06. The van der Waals surface area contributed by atoms with Gasteiger partial charge in [0.15, 0.2) is 0 Å². The summed E-state index contributed by atoms with van der Waals surface area (Å²) in [6.07, 6.45) is 0. The van der Waals surface area contributed by atoms with Crippen molar-refractivity contribution in [3.63, 3.8) is 0 Å². The SMILES string of the molecule is COc1ccc([N+](=O)[O-])cc1NC(=O)c1[nH]nc2c1COc1ccccc1-2. The fourth-order valence-corrected chi connectivity index (χ4v) is 2.95. The zero-order chi connectivity index (χ0) is 19.0. The van der Waals surface area contributed by atoms with Gasteiger partial charge in [-0.25, -0.2) is 0 Å². The van der Waals surface area contributed by atoms with Crippen LogP contribution in [0.2, 0.25) is 0 Å². The molecule has 2 heterocycles. The van der Waals surface area contributed by atoms with Crippen molar-refractivity contribution >= 4 is 17.3 Å². The van der Waals surface area contributed by atoms with Gasteiger partial charge >= 0.3 is 0 Å². The highest BCUT2D eigenvalue weighted by Crippen LogP contribution is 2.37. The number of nitro groups is 1. The predicted molar refractivity (Wildman–Crippen MR) is 96.0 cm³/mol. The maximum Gasteiger partial charge on any atom is 0.274 e. The van der Waals surface area contributed by atoms with Gasteiger partial charge in [0.25, 0.3) is 11.6 Å². The van der Waals surface area contributed by atoms with E-state index >= 15 is 0 Å². The monoisotopic (exact) mass is 366 g/mol. The second-order valence-electron chi connectivity index (χ2n) is 5.81. The third-order valence-electron chi connectivity index (χ3n) is 4.25. The molecule has 2 aromatic carbocycles. The van der Waals surface area contributed by atoms with Crippen molar-refractivity contribution in [2.24, 2.45) is 0 Å². The van der Waals surface area contributed by atoms with Gasteiger partial charge in [-0.15, -0.1) is 0 Å². The summed E-state index contributed by atoms with van der Waals surface area (Å²) < 4.78 is 10.9. The maximum absolute atomic E-state index is 12.7. The standard InChI is InChI=1S/C18H14N4O5/c1-26-15-7-6-10(22(24)25)8-13(15)19-18(23)17-12-9-27-14-5-3-2-4-11(14)16(12)20-21-17/h2-8H,9H2,1H3,(H,19,23)(H,20,21). The lowest BCUT2D eigenvalue weighted by Gasteiger charge is -2.17. The summed E-state index contributed by atoms with van der Waals surface area (Å²) in [5.74, 6) is 0.512. The number of carbonyl (C=O) groups is 1. The van der Waals surface area contributed by atoms with Gasteiger partial charge in [0.05, 0.1) is 17.7 Å². The number of H-pyrrole nitrogens is 1. The Morgan fingerprint density at radius 1 is 1.33 bits per heavy atom. The molecule has 136 valence electrons. The van der Waals surface area contributed by atoms with Crippen molar-refractivity contribution in [3.8, 4) is 22.8 Å². The molecule has 0 saturated carbocycles. The van der Waals surface area contributed by atoms with E-state index in [1.807, 2.05) is 24.3 Å². The van der Waals surface area contributed by atoms with Crippen molar-refractivity contribution in [1.82, 2.24) is 10.2 Å². The Balaban J connectivity index is 1.67. The first-order valence-electron chi connectivity index (χ1n) is 8.01. The molecule has 0 atom stereocenters. The summed E-state index contributed by atoms with van der Waals surface area (Å²) in [5.41, 5.74) is 2.32. The maximum atomic E-state index is 12.7. The van der Waals surface area contributed by atoms with Crippen LogP contribution in [0.4, 0.5) is 11.4 Å². The second-order valence-corrected chi connectivity index (χ2v) is 5.81. The summed E-state index contributed by atoms with van der Waals surface area (Å²) in [4.78, 5) is 23.2. The number of anilines is 1. The quantitative estimate of drug-likeness (QED) is 0.541. The van der Waals surface area contributed by atoms with E-state index in [1.54, 1.807) is 0 Å². The van der Waals surface area contributed by atoms with Crippen LogP contribution in [-0.4, -0.2) is 28.1 Å². The molecule has 1 aliphatic rings. The average Bonchev–Trinajstić information content (AvgIpc) is 3.12. The molecule has 0 bridgehead atoms. The van der Waals surface area contributed by atoms with Gasteiger partial charge in [-0.1, -0.05) is 12.1 Å². The lowest BCUT2D eigenvalue weighted by Crippen LogP contribution is -2.17. The number of para-hydroxylation sites is 1. The number of hydrogen-bond donors (Lipinski definition) is 2. The third kappa shape index (κ3) is 2.84. The number of hydrogen-bond acceptors (Lipinski definition) is 6. The molecular weight excluding hydrogens is 352 g/mol. The summed E-state index contributed by atoms with van der Waals surface area (Å²) in [6, 6.07) is 11.4. The van der Waals surface area contributed by atoms with Crippen molar-refractivity contribution in [1.29, 1.82) is 0 Å². The predicted octanol–water partition coefficient (Wildman–Crippen LogP) is 3.14. The topological polar surface area (TPSA) is 119 Å². The van der Waals surface area contributed by atoms with Crippen molar-refractivity contribution in [2.75, 3.05) is 12.4 Å². The first-order valence-corrected chi connectivity index (χ1v) is 8.01. The van der Waals surface area contributed by atoms with E-state index < -0.39 is 10.8 Å². The lowest BCUT2D eigenvalue weighted by atomic mass is 10.0. The number of amides is 1. The van der Waals surface area contributed by atoms with Gasteiger partial charge in [-0.3, -0.25) is 20.0 Å². The molecule has 9 heteroatoms. The first-order chi connectivity index (χ1) is 13.1.